The molecule has 2 amide bonds. The zero-order valence-electron chi connectivity index (χ0n) is 15.5. The summed E-state index contributed by atoms with van der Waals surface area (Å²) in [5, 5.41) is 9.79. The second-order valence-electron chi connectivity index (χ2n) is 6.76. The molecular formula is C20H22N4O3S. The molecule has 146 valence electrons. The van der Waals surface area contributed by atoms with Gasteiger partial charge in [-0.3, -0.25) is 19.4 Å². The Hall–Kier alpha value is -2.42. The number of piperazine rings is 1. The summed E-state index contributed by atoms with van der Waals surface area (Å²) in [5.41, 5.74) is 1.26. The van der Waals surface area contributed by atoms with Crippen LogP contribution in [0.25, 0.3) is 0 Å². The molecule has 1 saturated heterocycles. The number of amides is 2. The maximum atomic E-state index is 13.2. The summed E-state index contributed by atoms with van der Waals surface area (Å²) in [6.07, 6.45) is 1.70. The van der Waals surface area contributed by atoms with Crippen molar-refractivity contribution in [1.82, 2.24) is 14.8 Å². The molecule has 2 aliphatic rings. The van der Waals surface area contributed by atoms with Crippen molar-refractivity contribution in [1.29, 1.82) is 0 Å². The number of nitrogens with zero attached hydrogens (tertiary/aromatic N) is 4. The second kappa shape index (κ2) is 8.30. The zero-order chi connectivity index (χ0) is 19.5. The van der Waals surface area contributed by atoms with Crippen LogP contribution in [0.3, 0.4) is 0 Å². The highest BCUT2D eigenvalue weighted by atomic mass is 32.2. The Morgan fingerprint density at radius 3 is 2.68 bits per heavy atom. The second-order valence-corrected chi connectivity index (χ2v) is 7.79. The number of aromatic nitrogens is 1. The Morgan fingerprint density at radius 1 is 1.11 bits per heavy atom. The summed E-state index contributed by atoms with van der Waals surface area (Å²) in [6, 6.07) is 11.1. The van der Waals surface area contributed by atoms with Gasteiger partial charge in [0, 0.05) is 43.8 Å². The molecule has 1 fully saturated rings. The molecule has 3 heterocycles. The average Bonchev–Trinajstić information content (AvgIpc) is 2.84. The summed E-state index contributed by atoms with van der Waals surface area (Å²) in [7, 11) is 0. The molecule has 2 aromatic rings. The predicted molar refractivity (Wildman–Crippen MR) is 107 cm³/mol. The third-order valence-corrected chi connectivity index (χ3v) is 6.13. The number of anilines is 1. The fraction of sp³-hybridized carbons (Fsp3) is 0.350. The van der Waals surface area contributed by atoms with Gasteiger partial charge in [0.1, 0.15) is 11.6 Å². The van der Waals surface area contributed by atoms with E-state index in [1.54, 1.807) is 28.1 Å². The lowest BCUT2D eigenvalue weighted by Crippen LogP contribution is -2.52. The van der Waals surface area contributed by atoms with Gasteiger partial charge in [0.2, 0.25) is 5.91 Å². The fourth-order valence-corrected chi connectivity index (χ4v) is 4.53. The zero-order valence-corrected chi connectivity index (χ0v) is 16.3. The van der Waals surface area contributed by atoms with Crippen LogP contribution in [-0.4, -0.2) is 77.6 Å². The van der Waals surface area contributed by atoms with Gasteiger partial charge in [-0.1, -0.05) is 23.9 Å². The van der Waals surface area contributed by atoms with Crippen LogP contribution in [-0.2, 0) is 4.79 Å². The van der Waals surface area contributed by atoms with Gasteiger partial charge in [0.15, 0.2) is 0 Å². The first kappa shape index (κ1) is 18.9. The number of hydrogen-bond acceptors (Lipinski definition) is 6. The van der Waals surface area contributed by atoms with Crippen LogP contribution >= 0.6 is 11.8 Å². The van der Waals surface area contributed by atoms with Crippen LogP contribution in [0.1, 0.15) is 10.4 Å². The molecule has 28 heavy (non-hydrogen) atoms. The third-order valence-electron chi connectivity index (χ3n) is 5.05. The SMILES string of the molecule is O=C(CN1C(=O)c2ccccc2Sc2ncccc21)N1CCN(CCO)CC1. The van der Waals surface area contributed by atoms with Crippen molar-refractivity contribution in [2.24, 2.45) is 0 Å². The van der Waals surface area contributed by atoms with E-state index in [1.807, 2.05) is 24.3 Å². The summed E-state index contributed by atoms with van der Waals surface area (Å²) in [4.78, 5) is 36.9. The monoisotopic (exact) mass is 398 g/mol. The van der Waals surface area contributed by atoms with E-state index in [0.717, 1.165) is 23.0 Å². The maximum absolute atomic E-state index is 13.2. The van der Waals surface area contributed by atoms with Gasteiger partial charge in [-0.2, -0.15) is 0 Å². The Bertz CT molecular complexity index is 883. The molecule has 8 heteroatoms. The molecule has 0 aliphatic carbocycles. The van der Waals surface area contributed by atoms with Crippen molar-refractivity contribution in [3.8, 4) is 0 Å². The standard InChI is InChI=1S/C20H22N4O3S/c25-13-12-22-8-10-23(11-9-22)18(26)14-24-16-5-3-7-21-19(16)28-17-6-2-1-4-15(17)20(24)27/h1-7,25H,8-14H2. The van der Waals surface area contributed by atoms with Gasteiger partial charge in [0.05, 0.1) is 17.9 Å². The highest BCUT2D eigenvalue weighted by Gasteiger charge is 2.31. The van der Waals surface area contributed by atoms with Crippen LogP contribution in [0.4, 0.5) is 5.69 Å². The van der Waals surface area contributed by atoms with E-state index in [9.17, 15) is 9.59 Å². The minimum atomic E-state index is -0.179. The molecule has 0 unspecified atom stereocenters. The highest BCUT2D eigenvalue weighted by molar-refractivity contribution is 7.99. The number of aliphatic hydroxyl groups excluding tert-OH is 1. The Labute approximate surface area is 168 Å². The molecule has 0 bridgehead atoms. The molecule has 0 saturated carbocycles. The fourth-order valence-electron chi connectivity index (χ4n) is 3.51. The largest absolute Gasteiger partial charge is 0.395 e. The van der Waals surface area contributed by atoms with Crippen molar-refractivity contribution in [3.05, 3.63) is 48.2 Å². The number of hydrogen-bond donors (Lipinski definition) is 1. The van der Waals surface area contributed by atoms with E-state index >= 15 is 0 Å². The molecule has 0 radical (unpaired) electrons. The molecule has 0 atom stereocenters. The first-order valence-corrected chi connectivity index (χ1v) is 10.1. The van der Waals surface area contributed by atoms with Crippen LogP contribution in [0.2, 0.25) is 0 Å². The van der Waals surface area contributed by atoms with Gasteiger partial charge in [0.25, 0.3) is 5.91 Å². The lowest BCUT2D eigenvalue weighted by molar-refractivity contribution is -0.131. The minimum Gasteiger partial charge on any atom is -0.395 e. The minimum absolute atomic E-state index is 0.00752. The van der Waals surface area contributed by atoms with Gasteiger partial charge < -0.3 is 10.0 Å². The van der Waals surface area contributed by atoms with Gasteiger partial charge >= 0.3 is 0 Å². The lowest BCUT2D eigenvalue weighted by atomic mass is 10.2. The van der Waals surface area contributed by atoms with Crippen molar-refractivity contribution >= 4 is 29.3 Å². The Balaban J connectivity index is 1.56. The molecule has 1 aromatic carbocycles. The maximum Gasteiger partial charge on any atom is 0.259 e. The number of carbonyl (C=O) groups is 2. The number of benzene rings is 1. The quantitative estimate of drug-likeness (QED) is 0.837. The first-order valence-electron chi connectivity index (χ1n) is 9.32. The highest BCUT2D eigenvalue weighted by Crippen LogP contribution is 2.39. The molecule has 1 aromatic heterocycles. The van der Waals surface area contributed by atoms with E-state index in [-0.39, 0.29) is 25.0 Å². The van der Waals surface area contributed by atoms with Crippen molar-refractivity contribution < 1.29 is 14.7 Å². The molecule has 2 aliphatic heterocycles. The first-order chi connectivity index (χ1) is 13.7. The van der Waals surface area contributed by atoms with E-state index in [4.69, 9.17) is 5.11 Å². The molecule has 0 spiro atoms. The smallest absolute Gasteiger partial charge is 0.259 e. The summed E-state index contributed by atoms with van der Waals surface area (Å²) in [6.45, 7) is 3.41. The van der Waals surface area contributed by atoms with Gasteiger partial charge in [-0.05, 0) is 24.3 Å². The van der Waals surface area contributed by atoms with Crippen LogP contribution in [0.15, 0.2) is 52.5 Å². The molecule has 1 N–H and O–H groups in total. The summed E-state index contributed by atoms with van der Waals surface area (Å²) >= 11 is 1.45. The number of β-amino-alcohol motifs (C(OH)–C–C–N with tert-alkyl or cyclic N) is 1. The van der Waals surface area contributed by atoms with Gasteiger partial charge in [-0.15, -0.1) is 0 Å². The molecule has 7 nitrogen and oxygen atoms in total. The van der Waals surface area contributed by atoms with Gasteiger partial charge in [-0.25, -0.2) is 4.98 Å². The van der Waals surface area contributed by atoms with Crippen molar-refractivity contribution in [2.75, 3.05) is 50.8 Å². The van der Waals surface area contributed by atoms with Crippen molar-refractivity contribution in [3.63, 3.8) is 0 Å². The normalized spacial score (nSPS) is 17.1. The van der Waals surface area contributed by atoms with E-state index in [0.29, 0.717) is 30.9 Å². The lowest BCUT2D eigenvalue weighted by Gasteiger charge is -2.35. The summed E-state index contributed by atoms with van der Waals surface area (Å²) in [5.74, 6) is -0.252. The average molecular weight is 398 g/mol. The van der Waals surface area contributed by atoms with Crippen molar-refractivity contribution in [2.45, 2.75) is 9.92 Å². The van der Waals surface area contributed by atoms with E-state index in [2.05, 4.69) is 9.88 Å². The Kier molecular flexibility index (Phi) is 5.61. The number of carbonyl (C=O) groups excluding carboxylic acids is 2. The third kappa shape index (κ3) is 3.76. The molecular weight excluding hydrogens is 376 g/mol. The van der Waals surface area contributed by atoms with E-state index < -0.39 is 0 Å². The predicted octanol–water partition coefficient (Wildman–Crippen LogP) is 1.33. The molecule has 4 rings (SSSR count). The van der Waals surface area contributed by atoms with Crippen LogP contribution in [0, 0.1) is 0 Å². The number of pyridine rings is 1. The summed E-state index contributed by atoms with van der Waals surface area (Å²) < 4.78 is 0. The Morgan fingerprint density at radius 2 is 1.89 bits per heavy atom. The number of aliphatic hydroxyl groups is 1. The number of rotatable bonds is 4. The van der Waals surface area contributed by atoms with E-state index in [1.165, 1.54) is 11.8 Å². The van der Waals surface area contributed by atoms with Crippen LogP contribution in [0.5, 0.6) is 0 Å². The topological polar surface area (TPSA) is 77.0 Å². The number of fused-ring (bicyclic) bond motifs is 2. The van der Waals surface area contributed by atoms with Crippen LogP contribution < -0.4 is 4.90 Å².